The van der Waals surface area contributed by atoms with Gasteiger partial charge in [-0.25, -0.2) is 0 Å². The summed E-state index contributed by atoms with van der Waals surface area (Å²) in [6, 6.07) is 30.7. The number of phenolic OH excluding ortho intramolecular Hbond substituents is 1. The number of fused-ring (bicyclic) bond motifs is 1. The van der Waals surface area contributed by atoms with Gasteiger partial charge in [0.15, 0.2) is 0 Å². The summed E-state index contributed by atoms with van der Waals surface area (Å²) < 4.78 is 17.8. The molecule has 0 saturated carbocycles. The Hall–Kier alpha value is -5.41. The summed E-state index contributed by atoms with van der Waals surface area (Å²) in [4.78, 5) is 38.2. The van der Waals surface area contributed by atoms with Crippen LogP contribution in [0.5, 0.6) is 17.2 Å². The Bertz CT molecular complexity index is 1850. The van der Waals surface area contributed by atoms with E-state index in [0.29, 0.717) is 50.7 Å². The fourth-order valence-corrected chi connectivity index (χ4v) is 6.62. The highest BCUT2D eigenvalue weighted by molar-refractivity contribution is 6.05. The summed E-state index contributed by atoms with van der Waals surface area (Å²) in [5.74, 6) is 0.834. The first-order chi connectivity index (χ1) is 24.9. The van der Waals surface area contributed by atoms with E-state index in [0.717, 1.165) is 53.7 Å². The largest absolute Gasteiger partial charge is 0.508 e. The van der Waals surface area contributed by atoms with Gasteiger partial charge in [0.05, 0.1) is 13.2 Å². The quantitative estimate of drug-likeness (QED) is 0.0729. The average Bonchev–Trinajstić information content (AvgIpc) is 3.47. The first-order valence-corrected chi connectivity index (χ1v) is 17.7. The Morgan fingerprint density at radius 3 is 2.14 bits per heavy atom. The minimum Gasteiger partial charge on any atom is -0.508 e. The number of aromatic hydroxyl groups is 1. The van der Waals surface area contributed by atoms with Gasteiger partial charge in [0.2, 0.25) is 11.8 Å². The number of phenols is 1. The second-order valence-electron chi connectivity index (χ2n) is 12.7. The molecule has 6 rings (SSSR count). The van der Waals surface area contributed by atoms with Gasteiger partial charge in [-0.05, 0) is 102 Å². The number of amides is 3. The van der Waals surface area contributed by atoms with Crippen molar-refractivity contribution in [3.63, 3.8) is 0 Å². The van der Waals surface area contributed by atoms with Crippen LogP contribution in [0.3, 0.4) is 0 Å². The number of hydrogen-bond donors (Lipinski definition) is 2. The van der Waals surface area contributed by atoms with Gasteiger partial charge in [0, 0.05) is 38.2 Å². The van der Waals surface area contributed by atoms with E-state index in [4.69, 9.17) is 14.2 Å². The second kappa shape index (κ2) is 17.0. The van der Waals surface area contributed by atoms with Gasteiger partial charge in [0.25, 0.3) is 5.91 Å². The minimum absolute atomic E-state index is 0.190. The van der Waals surface area contributed by atoms with Gasteiger partial charge in [-0.2, -0.15) is 0 Å². The molecule has 2 aliphatic heterocycles. The van der Waals surface area contributed by atoms with Crippen LogP contribution in [-0.4, -0.2) is 60.2 Å². The standard InChI is InChI=1S/C42H44N2O7/c1-2-36(29-9-4-3-5-10-29)40(30-11-15-33(45)16-12-30)31-13-17-34(18-14-31)50-26-8-24-49-23-6-7-25-51-35-19-20-37-32(27-35)28-44(42(37)48)38-21-22-39(46)43-41(38)47/h3-5,9-20,27,38,45H,2,6-8,21-26,28H2,1H3,(H,43,46,47)/b40-36-. The van der Waals surface area contributed by atoms with Crippen LogP contribution in [0.1, 0.15) is 78.1 Å². The van der Waals surface area contributed by atoms with Crippen molar-refractivity contribution in [2.75, 3.05) is 26.4 Å². The molecule has 0 bridgehead atoms. The second-order valence-corrected chi connectivity index (χ2v) is 12.7. The number of rotatable bonds is 16. The monoisotopic (exact) mass is 688 g/mol. The summed E-state index contributed by atoms with van der Waals surface area (Å²) in [7, 11) is 0. The Morgan fingerprint density at radius 2 is 1.41 bits per heavy atom. The first-order valence-electron chi connectivity index (χ1n) is 17.7. The van der Waals surface area contributed by atoms with Gasteiger partial charge >= 0.3 is 0 Å². The molecule has 0 spiro atoms. The van der Waals surface area contributed by atoms with Crippen LogP contribution in [0, 0.1) is 0 Å². The maximum Gasteiger partial charge on any atom is 0.255 e. The molecule has 51 heavy (non-hydrogen) atoms. The molecule has 1 atom stereocenters. The van der Waals surface area contributed by atoms with E-state index >= 15 is 0 Å². The highest BCUT2D eigenvalue weighted by Crippen LogP contribution is 2.36. The van der Waals surface area contributed by atoms with E-state index in [2.05, 4.69) is 48.6 Å². The van der Waals surface area contributed by atoms with E-state index in [1.807, 2.05) is 36.4 Å². The number of carbonyl (C=O) groups excluding carboxylic acids is 3. The number of benzene rings is 4. The molecular weight excluding hydrogens is 644 g/mol. The number of hydrogen-bond acceptors (Lipinski definition) is 7. The van der Waals surface area contributed by atoms with E-state index in [1.54, 1.807) is 24.3 Å². The van der Waals surface area contributed by atoms with Crippen LogP contribution in [0.15, 0.2) is 97.1 Å². The number of ether oxygens (including phenoxy) is 3. The van der Waals surface area contributed by atoms with Crippen molar-refractivity contribution in [2.45, 2.75) is 58.0 Å². The number of piperidine rings is 1. The first kappa shape index (κ1) is 35.4. The highest BCUT2D eigenvalue weighted by atomic mass is 16.5. The van der Waals surface area contributed by atoms with Crippen molar-refractivity contribution < 1.29 is 33.7 Å². The zero-order chi connectivity index (χ0) is 35.6. The van der Waals surface area contributed by atoms with Crippen LogP contribution >= 0.6 is 0 Å². The summed E-state index contributed by atoms with van der Waals surface area (Å²) in [5, 5.41) is 12.2. The molecule has 4 aromatic rings. The Kier molecular flexibility index (Phi) is 11.8. The lowest BCUT2D eigenvalue weighted by atomic mass is 9.88. The van der Waals surface area contributed by atoms with Crippen LogP contribution < -0.4 is 14.8 Å². The summed E-state index contributed by atoms with van der Waals surface area (Å²) >= 11 is 0. The van der Waals surface area contributed by atoms with Gasteiger partial charge in [-0.3, -0.25) is 19.7 Å². The van der Waals surface area contributed by atoms with Crippen molar-refractivity contribution >= 4 is 28.9 Å². The molecule has 1 fully saturated rings. The molecule has 4 aromatic carbocycles. The fourth-order valence-electron chi connectivity index (χ4n) is 6.62. The molecule has 9 heteroatoms. The van der Waals surface area contributed by atoms with E-state index in [-0.39, 0.29) is 24.0 Å². The number of imide groups is 1. The molecule has 2 heterocycles. The van der Waals surface area contributed by atoms with Gasteiger partial charge in [-0.1, -0.05) is 61.5 Å². The summed E-state index contributed by atoms with van der Waals surface area (Å²) in [5.41, 5.74) is 7.08. The molecule has 9 nitrogen and oxygen atoms in total. The molecule has 0 aromatic heterocycles. The van der Waals surface area contributed by atoms with E-state index < -0.39 is 11.9 Å². The highest BCUT2D eigenvalue weighted by Gasteiger charge is 2.39. The predicted molar refractivity (Wildman–Crippen MR) is 195 cm³/mol. The third-order valence-electron chi connectivity index (χ3n) is 9.23. The van der Waals surface area contributed by atoms with Crippen LogP contribution in [0.2, 0.25) is 0 Å². The predicted octanol–water partition coefficient (Wildman–Crippen LogP) is 7.17. The normalized spacial score (nSPS) is 16.1. The molecule has 1 unspecified atom stereocenters. The van der Waals surface area contributed by atoms with E-state index in [1.165, 1.54) is 16.0 Å². The molecule has 2 N–H and O–H groups in total. The Morgan fingerprint density at radius 1 is 0.765 bits per heavy atom. The topological polar surface area (TPSA) is 114 Å². The van der Waals surface area contributed by atoms with Crippen molar-refractivity contribution in [3.05, 3.63) is 125 Å². The smallest absolute Gasteiger partial charge is 0.255 e. The van der Waals surface area contributed by atoms with Crippen LogP contribution in [-0.2, 0) is 20.9 Å². The SMILES string of the molecule is CC/C(=C(\c1ccc(O)cc1)c1ccc(OCCCOCCCCOc2ccc3c(c2)CN(C2CCC(=O)NC2=O)C3=O)cc1)c1ccccc1. The molecular formula is C42H44N2O7. The Balaban J connectivity index is 0.898. The molecule has 264 valence electrons. The fraction of sp³-hybridized carbons (Fsp3) is 0.310. The average molecular weight is 689 g/mol. The Labute approximate surface area is 298 Å². The number of nitrogens with zero attached hydrogens (tertiary/aromatic N) is 1. The molecule has 3 amide bonds. The van der Waals surface area contributed by atoms with Crippen LogP contribution in [0.4, 0.5) is 0 Å². The number of allylic oxidation sites excluding steroid dienone is 1. The summed E-state index contributed by atoms with van der Waals surface area (Å²) in [6.45, 7) is 4.81. The number of carbonyl (C=O) groups is 3. The minimum atomic E-state index is -0.626. The zero-order valence-electron chi connectivity index (χ0n) is 28.9. The van der Waals surface area contributed by atoms with Gasteiger partial charge in [-0.15, -0.1) is 0 Å². The maximum absolute atomic E-state index is 12.9. The van der Waals surface area contributed by atoms with Crippen molar-refractivity contribution in [2.24, 2.45) is 0 Å². The molecule has 1 saturated heterocycles. The lowest BCUT2D eigenvalue weighted by Crippen LogP contribution is -2.52. The lowest BCUT2D eigenvalue weighted by Gasteiger charge is -2.29. The van der Waals surface area contributed by atoms with Gasteiger partial charge in [0.1, 0.15) is 23.3 Å². The third-order valence-corrected chi connectivity index (χ3v) is 9.23. The molecule has 2 aliphatic rings. The zero-order valence-corrected chi connectivity index (χ0v) is 28.9. The lowest BCUT2D eigenvalue weighted by molar-refractivity contribution is -0.136. The van der Waals surface area contributed by atoms with Crippen molar-refractivity contribution in [3.8, 4) is 17.2 Å². The van der Waals surface area contributed by atoms with Crippen molar-refractivity contribution in [1.82, 2.24) is 10.2 Å². The number of nitrogens with one attached hydrogen (secondary N) is 1. The third kappa shape index (κ3) is 8.85. The van der Waals surface area contributed by atoms with E-state index in [9.17, 15) is 19.5 Å². The summed E-state index contributed by atoms with van der Waals surface area (Å²) in [6.07, 6.45) is 3.89. The molecule has 0 radical (unpaired) electrons. The van der Waals surface area contributed by atoms with Gasteiger partial charge < -0.3 is 24.2 Å². The number of unbranched alkanes of at least 4 members (excludes halogenated alkanes) is 1. The van der Waals surface area contributed by atoms with Crippen LogP contribution in [0.25, 0.3) is 11.1 Å². The van der Waals surface area contributed by atoms with Crippen molar-refractivity contribution in [1.29, 1.82) is 0 Å². The molecule has 0 aliphatic carbocycles. The maximum atomic E-state index is 12.9.